The Balaban J connectivity index is 0.00000392. The topological polar surface area (TPSA) is 61.4 Å². The van der Waals surface area contributed by atoms with Crippen LogP contribution in [0.25, 0.3) is 0 Å². The lowest BCUT2D eigenvalue weighted by molar-refractivity contribution is -0.0333. The molecule has 0 aromatic heterocycles. The molecule has 0 spiro atoms. The fourth-order valence-electron chi connectivity index (χ4n) is 4.11. The van der Waals surface area contributed by atoms with Crippen molar-refractivity contribution >= 4 is 29.9 Å². The SMILES string of the molecule is CCNC(=NCC1(N2CCOCC2)CCCCC1)NCCN(C)CCOC.I. The molecule has 28 heavy (non-hydrogen) atoms. The van der Waals surface area contributed by atoms with Gasteiger partial charge in [-0.05, 0) is 26.8 Å². The van der Waals surface area contributed by atoms with E-state index < -0.39 is 0 Å². The summed E-state index contributed by atoms with van der Waals surface area (Å²) in [6, 6.07) is 0. The smallest absolute Gasteiger partial charge is 0.191 e. The first-order chi connectivity index (χ1) is 13.2. The summed E-state index contributed by atoms with van der Waals surface area (Å²) in [6.45, 7) is 11.3. The molecule has 0 atom stereocenters. The summed E-state index contributed by atoms with van der Waals surface area (Å²) in [6.07, 6.45) is 6.52. The Labute approximate surface area is 189 Å². The van der Waals surface area contributed by atoms with Crippen LogP contribution < -0.4 is 10.6 Å². The molecular weight excluding hydrogens is 469 g/mol. The van der Waals surface area contributed by atoms with Crippen LogP contribution in [0.5, 0.6) is 0 Å². The Morgan fingerprint density at radius 3 is 2.50 bits per heavy atom. The average molecular weight is 511 g/mol. The van der Waals surface area contributed by atoms with Crippen molar-refractivity contribution in [3.05, 3.63) is 0 Å². The van der Waals surface area contributed by atoms with Crippen molar-refractivity contribution in [2.75, 3.05) is 79.8 Å². The number of hydrogen-bond donors (Lipinski definition) is 2. The van der Waals surface area contributed by atoms with E-state index in [-0.39, 0.29) is 29.5 Å². The molecule has 7 nitrogen and oxygen atoms in total. The van der Waals surface area contributed by atoms with Crippen LogP contribution in [0.4, 0.5) is 0 Å². The number of nitrogens with zero attached hydrogens (tertiary/aromatic N) is 3. The summed E-state index contributed by atoms with van der Waals surface area (Å²) in [5, 5.41) is 6.91. The Morgan fingerprint density at radius 1 is 1.14 bits per heavy atom. The van der Waals surface area contributed by atoms with Crippen molar-refractivity contribution in [2.24, 2.45) is 4.99 Å². The van der Waals surface area contributed by atoms with Crippen molar-refractivity contribution in [1.29, 1.82) is 0 Å². The van der Waals surface area contributed by atoms with Gasteiger partial charge in [-0.2, -0.15) is 0 Å². The standard InChI is InChI=1S/C20H41N5O2.HI/c1-4-21-19(22-10-11-24(2)12-15-26-3)23-18-20(8-6-5-7-9-20)25-13-16-27-17-14-25;/h4-18H2,1-3H3,(H2,21,22,23);1H. The second kappa shape index (κ2) is 14.8. The zero-order valence-corrected chi connectivity index (χ0v) is 20.5. The molecule has 0 aromatic carbocycles. The molecule has 2 fully saturated rings. The van der Waals surface area contributed by atoms with Crippen LogP contribution in [0.2, 0.25) is 0 Å². The highest BCUT2D eigenvalue weighted by Gasteiger charge is 2.38. The number of guanidine groups is 1. The summed E-state index contributed by atoms with van der Waals surface area (Å²) >= 11 is 0. The van der Waals surface area contributed by atoms with Gasteiger partial charge in [-0.3, -0.25) is 9.89 Å². The lowest BCUT2D eigenvalue weighted by atomic mass is 9.80. The zero-order valence-electron chi connectivity index (χ0n) is 18.2. The third kappa shape index (κ3) is 8.69. The van der Waals surface area contributed by atoms with Crippen LogP contribution in [0, 0.1) is 0 Å². The van der Waals surface area contributed by atoms with Gasteiger partial charge in [0.15, 0.2) is 5.96 Å². The van der Waals surface area contributed by atoms with E-state index in [0.717, 1.165) is 71.6 Å². The number of ether oxygens (including phenoxy) is 2. The Hall–Kier alpha value is -0.160. The monoisotopic (exact) mass is 511 g/mol. The summed E-state index contributed by atoms with van der Waals surface area (Å²) in [5.74, 6) is 0.941. The van der Waals surface area contributed by atoms with Gasteiger partial charge >= 0.3 is 0 Å². The van der Waals surface area contributed by atoms with Gasteiger partial charge in [0.05, 0.1) is 26.4 Å². The van der Waals surface area contributed by atoms with Crippen molar-refractivity contribution in [2.45, 2.75) is 44.6 Å². The van der Waals surface area contributed by atoms with Gasteiger partial charge in [-0.15, -0.1) is 24.0 Å². The average Bonchev–Trinajstić information content (AvgIpc) is 2.72. The molecule has 0 radical (unpaired) electrons. The predicted molar refractivity (Wildman–Crippen MR) is 127 cm³/mol. The van der Waals surface area contributed by atoms with Crippen molar-refractivity contribution in [3.8, 4) is 0 Å². The van der Waals surface area contributed by atoms with E-state index in [1.165, 1.54) is 32.1 Å². The first-order valence-electron chi connectivity index (χ1n) is 10.7. The quantitative estimate of drug-likeness (QED) is 0.265. The molecule has 0 unspecified atom stereocenters. The summed E-state index contributed by atoms with van der Waals surface area (Å²) in [7, 11) is 3.87. The molecule has 2 N–H and O–H groups in total. The summed E-state index contributed by atoms with van der Waals surface area (Å²) < 4.78 is 10.7. The van der Waals surface area contributed by atoms with E-state index >= 15 is 0 Å². The fourth-order valence-corrected chi connectivity index (χ4v) is 4.11. The number of morpholine rings is 1. The van der Waals surface area contributed by atoms with Gasteiger partial charge in [-0.25, -0.2) is 0 Å². The Bertz CT molecular complexity index is 427. The third-order valence-electron chi connectivity index (χ3n) is 5.80. The van der Waals surface area contributed by atoms with Crippen LogP contribution >= 0.6 is 24.0 Å². The minimum Gasteiger partial charge on any atom is -0.383 e. The normalized spacial score (nSPS) is 20.6. The van der Waals surface area contributed by atoms with Gasteiger partial charge in [-0.1, -0.05) is 19.3 Å². The molecule has 1 aliphatic carbocycles. The Morgan fingerprint density at radius 2 is 1.86 bits per heavy atom. The van der Waals surface area contributed by atoms with Gasteiger partial charge in [0.25, 0.3) is 0 Å². The maximum Gasteiger partial charge on any atom is 0.191 e. The number of aliphatic imine (C=N–C) groups is 1. The molecule has 2 aliphatic rings. The van der Waals surface area contributed by atoms with E-state index in [1.807, 2.05) is 0 Å². The van der Waals surface area contributed by atoms with E-state index in [2.05, 4.69) is 34.4 Å². The van der Waals surface area contributed by atoms with E-state index in [0.29, 0.717) is 0 Å². The molecule has 166 valence electrons. The second-order valence-corrected chi connectivity index (χ2v) is 7.80. The Kier molecular flexibility index (Phi) is 13.6. The summed E-state index contributed by atoms with van der Waals surface area (Å²) in [5.41, 5.74) is 0.222. The molecule has 0 aromatic rings. The van der Waals surface area contributed by atoms with E-state index in [4.69, 9.17) is 14.5 Å². The van der Waals surface area contributed by atoms with Gasteiger partial charge in [0.2, 0.25) is 0 Å². The van der Waals surface area contributed by atoms with E-state index in [1.54, 1.807) is 7.11 Å². The third-order valence-corrected chi connectivity index (χ3v) is 5.80. The van der Waals surface area contributed by atoms with Crippen LogP contribution in [0.3, 0.4) is 0 Å². The number of likely N-dealkylation sites (N-methyl/N-ethyl adjacent to an activating group) is 1. The number of hydrogen-bond acceptors (Lipinski definition) is 5. The maximum atomic E-state index is 5.59. The number of methoxy groups -OCH3 is 1. The molecule has 1 heterocycles. The van der Waals surface area contributed by atoms with Crippen molar-refractivity contribution in [1.82, 2.24) is 20.4 Å². The zero-order chi connectivity index (χ0) is 19.4. The van der Waals surface area contributed by atoms with Crippen molar-refractivity contribution in [3.63, 3.8) is 0 Å². The number of nitrogens with one attached hydrogen (secondary N) is 2. The molecule has 1 saturated carbocycles. The molecule has 0 amide bonds. The van der Waals surface area contributed by atoms with Gasteiger partial charge < -0.3 is 25.0 Å². The molecule has 1 saturated heterocycles. The molecular formula is C20H42IN5O2. The number of rotatable bonds is 10. The van der Waals surface area contributed by atoms with Crippen LogP contribution in [0.15, 0.2) is 4.99 Å². The van der Waals surface area contributed by atoms with Crippen LogP contribution in [-0.4, -0.2) is 101 Å². The van der Waals surface area contributed by atoms with Crippen LogP contribution in [-0.2, 0) is 9.47 Å². The fraction of sp³-hybridized carbons (Fsp3) is 0.950. The highest BCUT2D eigenvalue weighted by molar-refractivity contribution is 14.0. The minimum absolute atomic E-state index is 0. The van der Waals surface area contributed by atoms with Gasteiger partial charge in [0.1, 0.15) is 0 Å². The lowest BCUT2D eigenvalue weighted by Gasteiger charge is -2.47. The maximum absolute atomic E-state index is 5.59. The van der Waals surface area contributed by atoms with Gasteiger partial charge in [0, 0.05) is 51.9 Å². The molecule has 8 heteroatoms. The predicted octanol–water partition coefficient (Wildman–Crippen LogP) is 1.77. The highest BCUT2D eigenvalue weighted by Crippen LogP contribution is 2.34. The molecule has 1 aliphatic heterocycles. The minimum atomic E-state index is 0. The first-order valence-corrected chi connectivity index (χ1v) is 10.7. The largest absolute Gasteiger partial charge is 0.383 e. The lowest BCUT2D eigenvalue weighted by Crippen LogP contribution is -2.56. The highest BCUT2D eigenvalue weighted by atomic mass is 127. The van der Waals surface area contributed by atoms with Crippen LogP contribution in [0.1, 0.15) is 39.0 Å². The molecule has 2 rings (SSSR count). The van der Waals surface area contributed by atoms with E-state index in [9.17, 15) is 0 Å². The number of halogens is 1. The molecule has 0 bridgehead atoms. The first kappa shape index (κ1) is 25.9. The summed E-state index contributed by atoms with van der Waals surface area (Å²) in [4.78, 5) is 9.94. The second-order valence-electron chi connectivity index (χ2n) is 7.80. The van der Waals surface area contributed by atoms with Crippen molar-refractivity contribution < 1.29 is 9.47 Å².